The van der Waals surface area contributed by atoms with Crippen LogP contribution in [-0.4, -0.2) is 49.1 Å². The van der Waals surface area contributed by atoms with Gasteiger partial charge in [0.15, 0.2) is 0 Å². The minimum atomic E-state index is 0. The maximum Gasteiger partial charge on any atom is 0.237 e. The van der Waals surface area contributed by atoms with Crippen LogP contribution in [-0.2, 0) is 4.79 Å². The van der Waals surface area contributed by atoms with E-state index in [1.165, 1.54) is 45.1 Å². The molecule has 0 spiro atoms. The standard InChI is InChI=1S/C15H27N3O.2ClH/c1-18-8-4-6-12(18)10-16-15(19)14-9-11-5-2-3-7-13(11)17-14;;/h11-14,17H,2-10H2,1H3,(H,16,19);2*1H. The molecule has 3 fully saturated rings. The lowest BCUT2D eigenvalue weighted by Gasteiger charge is -2.24. The van der Waals surface area contributed by atoms with E-state index < -0.39 is 0 Å². The van der Waals surface area contributed by atoms with Crippen molar-refractivity contribution >= 4 is 30.7 Å². The molecule has 0 radical (unpaired) electrons. The zero-order valence-corrected chi connectivity index (χ0v) is 14.5. The number of nitrogens with one attached hydrogen (secondary N) is 2. The Bertz CT molecular complexity index is 329. The summed E-state index contributed by atoms with van der Waals surface area (Å²) in [5.74, 6) is 0.980. The van der Waals surface area contributed by atoms with E-state index in [9.17, 15) is 4.79 Å². The average Bonchev–Trinajstić information content (AvgIpc) is 3.01. The van der Waals surface area contributed by atoms with Crippen LogP contribution in [0.15, 0.2) is 0 Å². The fraction of sp³-hybridized carbons (Fsp3) is 0.933. The van der Waals surface area contributed by atoms with Crippen molar-refractivity contribution in [2.75, 3.05) is 20.1 Å². The number of likely N-dealkylation sites (tertiary alicyclic amines) is 1. The fourth-order valence-electron chi connectivity index (χ4n) is 4.10. The largest absolute Gasteiger partial charge is 0.353 e. The molecule has 0 aromatic carbocycles. The molecule has 3 aliphatic rings. The Hall–Kier alpha value is -0.0300. The third kappa shape index (κ3) is 4.47. The second kappa shape index (κ2) is 8.56. The normalized spacial score (nSPS) is 35.5. The van der Waals surface area contributed by atoms with Crippen LogP contribution >= 0.6 is 24.8 Å². The zero-order chi connectivity index (χ0) is 13.2. The fourth-order valence-corrected chi connectivity index (χ4v) is 4.10. The van der Waals surface area contributed by atoms with Gasteiger partial charge in [-0.15, -0.1) is 24.8 Å². The van der Waals surface area contributed by atoms with Gasteiger partial charge >= 0.3 is 0 Å². The monoisotopic (exact) mass is 337 g/mol. The van der Waals surface area contributed by atoms with Crippen molar-refractivity contribution < 1.29 is 4.79 Å². The Morgan fingerprint density at radius 2 is 1.95 bits per heavy atom. The highest BCUT2D eigenvalue weighted by Crippen LogP contribution is 2.33. The molecule has 3 rings (SSSR count). The first kappa shape index (κ1) is 19.0. The first-order chi connectivity index (χ1) is 9.24. The SMILES string of the molecule is CN1CCCC1CNC(=O)C1CC2CCCCC2N1.Cl.Cl. The van der Waals surface area contributed by atoms with E-state index >= 15 is 0 Å². The minimum absolute atomic E-state index is 0. The Morgan fingerprint density at radius 3 is 2.62 bits per heavy atom. The Kier molecular flexibility index (Phi) is 7.75. The van der Waals surface area contributed by atoms with Crippen molar-refractivity contribution in [2.24, 2.45) is 5.92 Å². The predicted molar refractivity (Wildman–Crippen MR) is 90.4 cm³/mol. The summed E-state index contributed by atoms with van der Waals surface area (Å²) in [5.41, 5.74) is 0. The molecule has 2 saturated heterocycles. The highest BCUT2D eigenvalue weighted by atomic mass is 35.5. The molecule has 0 aromatic rings. The van der Waals surface area contributed by atoms with E-state index in [1.54, 1.807) is 0 Å². The van der Waals surface area contributed by atoms with Crippen LogP contribution in [0.4, 0.5) is 0 Å². The van der Waals surface area contributed by atoms with Crippen molar-refractivity contribution in [1.82, 2.24) is 15.5 Å². The van der Waals surface area contributed by atoms with Crippen LogP contribution in [0.2, 0.25) is 0 Å². The van der Waals surface area contributed by atoms with Crippen molar-refractivity contribution in [1.29, 1.82) is 0 Å². The molecule has 1 aliphatic carbocycles. The molecule has 2 N–H and O–H groups in total. The number of carbonyl (C=O) groups is 1. The van der Waals surface area contributed by atoms with Crippen LogP contribution in [0.5, 0.6) is 0 Å². The smallest absolute Gasteiger partial charge is 0.237 e. The van der Waals surface area contributed by atoms with Gasteiger partial charge in [0.2, 0.25) is 5.91 Å². The van der Waals surface area contributed by atoms with E-state index in [-0.39, 0.29) is 36.8 Å². The number of carbonyl (C=O) groups excluding carboxylic acids is 1. The average molecular weight is 338 g/mol. The lowest BCUT2D eigenvalue weighted by molar-refractivity contribution is -0.123. The van der Waals surface area contributed by atoms with Crippen molar-refractivity contribution in [3.05, 3.63) is 0 Å². The summed E-state index contributed by atoms with van der Waals surface area (Å²) in [5, 5.41) is 6.72. The minimum Gasteiger partial charge on any atom is -0.353 e. The summed E-state index contributed by atoms with van der Waals surface area (Å²) in [6, 6.07) is 1.23. The number of likely N-dealkylation sites (N-methyl/N-ethyl adjacent to an activating group) is 1. The number of halogens is 2. The van der Waals surface area contributed by atoms with Crippen LogP contribution in [0, 0.1) is 5.92 Å². The van der Waals surface area contributed by atoms with Crippen LogP contribution in [0.3, 0.4) is 0 Å². The van der Waals surface area contributed by atoms with Crippen LogP contribution in [0.1, 0.15) is 44.9 Å². The molecule has 2 aliphatic heterocycles. The Labute approximate surface area is 140 Å². The van der Waals surface area contributed by atoms with Gasteiger partial charge in [0.05, 0.1) is 6.04 Å². The molecule has 124 valence electrons. The highest BCUT2D eigenvalue weighted by molar-refractivity contribution is 5.85. The molecule has 1 amide bonds. The summed E-state index contributed by atoms with van der Waals surface area (Å²) >= 11 is 0. The molecule has 2 heterocycles. The van der Waals surface area contributed by atoms with Crippen molar-refractivity contribution in [2.45, 2.75) is 63.1 Å². The van der Waals surface area contributed by atoms with Crippen molar-refractivity contribution in [3.63, 3.8) is 0 Å². The number of fused-ring (bicyclic) bond motifs is 1. The van der Waals surface area contributed by atoms with E-state index in [0.29, 0.717) is 12.1 Å². The molecular formula is C15H29Cl2N3O. The number of hydrogen-bond donors (Lipinski definition) is 2. The molecule has 6 heteroatoms. The molecule has 21 heavy (non-hydrogen) atoms. The second-order valence-electron chi connectivity index (χ2n) is 6.63. The highest BCUT2D eigenvalue weighted by Gasteiger charge is 2.38. The summed E-state index contributed by atoms with van der Waals surface area (Å²) in [6.45, 7) is 2.00. The van der Waals surface area contributed by atoms with Gasteiger partial charge in [-0.25, -0.2) is 0 Å². The maximum absolute atomic E-state index is 12.3. The summed E-state index contributed by atoms with van der Waals surface area (Å²) in [7, 11) is 2.16. The van der Waals surface area contributed by atoms with Gasteiger partial charge in [-0.2, -0.15) is 0 Å². The van der Waals surface area contributed by atoms with Gasteiger partial charge in [0, 0.05) is 18.6 Å². The molecule has 0 bridgehead atoms. The third-order valence-corrected chi connectivity index (χ3v) is 5.36. The molecule has 4 nitrogen and oxygen atoms in total. The van der Waals surface area contributed by atoms with E-state index in [2.05, 4.69) is 22.6 Å². The van der Waals surface area contributed by atoms with Crippen LogP contribution in [0.25, 0.3) is 0 Å². The molecule has 0 aromatic heterocycles. The van der Waals surface area contributed by atoms with Gasteiger partial charge < -0.3 is 15.5 Å². The Morgan fingerprint density at radius 1 is 1.19 bits per heavy atom. The topological polar surface area (TPSA) is 44.4 Å². The number of amides is 1. The molecule has 1 saturated carbocycles. The lowest BCUT2D eigenvalue weighted by atomic mass is 9.85. The quantitative estimate of drug-likeness (QED) is 0.827. The van der Waals surface area contributed by atoms with E-state index in [0.717, 1.165) is 18.9 Å². The number of rotatable bonds is 3. The third-order valence-electron chi connectivity index (χ3n) is 5.36. The summed E-state index contributed by atoms with van der Waals surface area (Å²) in [6.07, 6.45) is 8.80. The zero-order valence-electron chi connectivity index (χ0n) is 12.8. The van der Waals surface area contributed by atoms with E-state index in [4.69, 9.17) is 0 Å². The molecule has 4 unspecified atom stereocenters. The van der Waals surface area contributed by atoms with Gasteiger partial charge in [-0.05, 0) is 51.6 Å². The van der Waals surface area contributed by atoms with Gasteiger partial charge in [0.25, 0.3) is 0 Å². The Balaban J connectivity index is 0.00000110. The maximum atomic E-state index is 12.3. The summed E-state index contributed by atoms with van der Waals surface area (Å²) in [4.78, 5) is 14.6. The second-order valence-corrected chi connectivity index (χ2v) is 6.63. The van der Waals surface area contributed by atoms with Gasteiger partial charge in [-0.1, -0.05) is 12.8 Å². The number of nitrogens with zero attached hydrogens (tertiary/aromatic N) is 1. The molecular weight excluding hydrogens is 309 g/mol. The summed E-state index contributed by atoms with van der Waals surface area (Å²) < 4.78 is 0. The van der Waals surface area contributed by atoms with E-state index in [1.807, 2.05) is 0 Å². The molecule has 4 atom stereocenters. The number of hydrogen-bond acceptors (Lipinski definition) is 3. The first-order valence-electron chi connectivity index (χ1n) is 7.98. The predicted octanol–water partition coefficient (Wildman–Crippen LogP) is 1.96. The van der Waals surface area contributed by atoms with Gasteiger partial charge in [-0.3, -0.25) is 4.79 Å². The van der Waals surface area contributed by atoms with Crippen LogP contribution < -0.4 is 10.6 Å². The lowest BCUT2D eigenvalue weighted by Crippen LogP contribution is -2.46. The van der Waals surface area contributed by atoms with Gasteiger partial charge in [0.1, 0.15) is 0 Å². The van der Waals surface area contributed by atoms with Crippen molar-refractivity contribution in [3.8, 4) is 0 Å². The first-order valence-corrected chi connectivity index (χ1v) is 7.98.